The Labute approximate surface area is 92.3 Å². The van der Waals surface area contributed by atoms with Crippen molar-refractivity contribution in [3.05, 3.63) is 17.8 Å². The molecule has 4 nitrogen and oxygen atoms in total. The predicted octanol–water partition coefficient (Wildman–Crippen LogP) is -0.229. The Bertz CT molecular complexity index is 523. The number of rotatable bonds is 1. The van der Waals surface area contributed by atoms with E-state index in [4.69, 9.17) is 11.5 Å². The minimum Gasteiger partial charge on any atom is -0.383 e. The topological polar surface area (TPSA) is 82.0 Å². The molecule has 0 unspecified atom stereocenters. The normalized spacial score (nSPS) is 10.6. The Hall–Kier alpha value is -1.09. The van der Waals surface area contributed by atoms with Crippen molar-refractivity contribution in [2.75, 3.05) is 5.73 Å². The van der Waals surface area contributed by atoms with Crippen molar-refractivity contribution in [2.45, 2.75) is 0 Å². The van der Waals surface area contributed by atoms with Crippen molar-refractivity contribution in [2.24, 2.45) is 5.73 Å². The van der Waals surface area contributed by atoms with Crippen LogP contribution in [0.25, 0.3) is 10.1 Å². The number of hydrogen-bond acceptors (Lipinski definition) is 4. The molecular formula is C8H6AlN3OS. The molecule has 4 N–H and O–H groups in total. The molecule has 2 heterocycles. The van der Waals surface area contributed by atoms with Gasteiger partial charge in [0.05, 0.1) is 10.3 Å². The van der Waals surface area contributed by atoms with E-state index in [0.717, 1.165) is 13.8 Å². The van der Waals surface area contributed by atoms with E-state index in [1.165, 1.54) is 17.5 Å². The molecule has 0 aliphatic heterocycles. The highest BCUT2D eigenvalue weighted by Crippen LogP contribution is 2.25. The van der Waals surface area contributed by atoms with Crippen LogP contribution in [-0.4, -0.2) is 27.2 Å². The molecule has 0 aliphatic rings. The predicted molar refractivity (Wildman–Crippen MR) is 57.9 cm³/mol. The zero-order chi connectivity index (χ0) is 10.3. The first kappa shape index (κ1) is 9.47. The molecule has 0 saturated carbocycles. The zero-order valence-electron chi connectivity index (χ0n) is 7.15. The number of carbonyl (C=O) groups excluding carboxylic acids is 1. The van der Waals surface area contributed by atoms with E-state index in [9.17, 15) is 4.79 Å². The highest BCUT2D eigenvalue weighted by atomic mass is 32.1. The third kappa shape index (κ3) is 1.38. The zero-order valence-corrected chi connectivity index (χ0v) is 9.12. The molecule has 68 valence electrons. The van der Waals surface area contributed by atoms with Gasteiger partial charge in [-0.25, -0.2) is 4.98 Å². The first-order valence-electron chi connectivity index (χ1n) is 3.83. The van der Waals surface area contributed by atoms with Gasteiger partial charge < -0.3 is 11.5 Å². The molecule has 14 heavy (non-hydrogen) atoms. The average Bonchev–Trinajstić information content (AvgIpc) is 2.47. The first-order chi connectivity index (χ1) is 6.59. The number of nitrogen functional groups attached to an aromatic ring is 1. The number of hydrogen-bond donors (Lipinski definition) is 2. The van der Waals surface area contributed by atoms with Crippen molar-refractivity contribution < 1.29 is 4.79 Å². The van der Waals surface area contributed by atoms with Gasteiger partial charge in [-0.1, -0.05) is 9.81 Å². The molecule has 0 atom stereocenters. The van der Waals surface area contributed by atoms with Gasteiger partial charge in [-0.05, 0) is 0 Å². The number of fused-ring (bicyclic) bond motifs is 1. The standard InChI is InChI=1S/C8H6N3OS.Al/c9-7-4-1-2-13-6(4)5(3-11-7)8(10)12;/h1,3H,(H2,9,11)(H2,10,12);. The lowest BCUT2D eigenvalue weighted by atomic mass is 10.2. The summed E-state index contributed by atoms with van der Waals surface area (Å²) in [5.41, 5.74) is 11.3. The summed E-state index contributed by atoms with van der Waals surface area (Å²) in [4.78, 5) is 15.0. The summed E-state index contributed by atoms with van der Waals surface area (Å²) >= 11 is 4.03. The number of thiophene rings is 1. The smallest absolute Gasteiger partial charge is 0.251 e. The second-order valence-electron chi connectivity index (χ2n) is 2.81. The fraction of sp³-hybridized carbons (Fsp3) is 0. The van der Waals surface area contributed by atoms with Crippen molar-refractivity contribution >= 4 is 53.2 Å². The highest BCUT2D eigenvalue weighted by Gasteiger charge is 2.11. The Morgan fingerprint density at radius 3 is 2.93 bits per heavy atom. The van der Waals surface area contributed by atoms with Gasteiger partial charge in [0, 0.05) is 11.6 Å². The van der Waals surface area contributed by atoms with E-state index in [0.29, 0.717) is 11.4 Å². The molecule has 0 aromatic carbocycles. The maximum absolute atomic E-state index is 11.1. The molecule has 0 bridgehead atoms. The van der Waals surface area contributed by atoms with Gasteiger partial charge >= 0.3 is 0 Å². The van der Waals surface area contributed by atoms with E-state index in [1.54, 1.807) is 0 Å². The van der Waals surface area contributed by atoms with Crippen LogP contribution in [0.2, 0.25) is 0 Å². The third-order valence-corrected chi connectivity index (χ3v) is 3.39. The summed E-state index contributed by atoms with van der Waals surface area (Å²) in [7, 11) is 0. The van der Waals surface area contributed by atoms with E-state index in [2.05, 4.69) is 21.3 Å². The SMILES string of the molecule is NC(=O)c1cnc(N)c2c[c]([Al])sc12. The van der Waals surface area contributed by atoms with E-state index in [-0.39, 0.29) is 0 Å². The van der Waals surface area contributed by atoms with Crippen LogP contribution in [0.4, 0.5) is 5.82 Å². The van der Waals surface area contributed by atoms with Crippen molar-refractivity contribution in [1.29, 1.82) is 0 Å². The van der Waals surface area contributed by atoms with Gasteiger partial charge in [0.2, 0.25) is 0 Å². The Kier molecular flexibility index (Phi) is 2.19. The Morgan fingerprint density at radius 2 is 2.29 bits per heavy atom. The second kappa shape index (κ2) is 3.24. The molecular weight excluding hydrogens is 213 g/mol. The molecule has 0 fully saturated rings. The highest BCUT2D eigenvalue weighted by molar-refractivity contribution is 7.26. The van der Waals surface area contributed by atoms with Crippen LogP contribution in [0.1, 0.15) is 10.4 Å². The van der Waals surface area contributed by atoms with E-state index >= 15 is 0 Å². The molecule has 0 spiro atoms. The molecule has 0 aliphatic carbocycles. The van der Waals surface area contributed by atoms with Gasteiger partial charge in [-0.15, -0.1) is 0 Å². The molecule has 2 rings (SSSR count). The average molecular weight is 219 g/mol. The summed E-state index contributed by atoms with van der Waals surface area (Å²) in [6.45, 7) is 0. The molecule has 2 aromatic heterocycles. The number of amides is 1. The van der Waals surface area contributed by atoms with Crippen LogP contribution in [0.15, 0.2) is 12.3 Å². The number of carbonyl (C=O) groups is 1. The molecule has 2 radical (unpaired) electrons. The largest absolute Gasteiger partial charge is 0.383 e. The van der Waals surface area contributed by atoms with Gasteiger partial charge in [-0.2, -0.15) is 11.3 Å². The third-order valence-electron chi connectivity index (χ3n) is 1.87. The fourth-order valence-corrected chi connectivity index (χ4v) is 2.71. The van der Waals surface area contributed by atoms with Crippen molar-refractivity contribution in [3.63, 3.8) is 0 Å². The Morgan fingerprint density at radius 1 is 1.57 bits per heavy atom. The quantitative estimate of drug-likeness (QED) is 0.650. The molecule has 1 amide bonds. The van der Waals surface area contributed by atoms with Crippen molar-refractivity contribution in [3.8, 4) is 0 Å². The summed E-state index contributed by atoms with van der Waals surface area (Å²) < 4.78 is 1.80. The number of nitrogens with zero attached hydrogens (tertiary/aromatic N) is 1. The monoisotopic (exact) mass is 219 g/mol. The number of anilines is 1. The first-order valence-corrected chi connectivity index (χ1v) is 5.22. The lowest BCUT2D eigenvalue weighted by molar-refractivity contribution is 0.100. The van der Waals surface area contributed by atoms with Gasteiger partial charge in [0.25, 0.3) is 5.91 Å². The van der Waals surface area contributed by atoms with Crippen LogP contribution in [0, 0.1) is 0 Å². The van der Waals surface area contributed by atoms with Crippen molar-refractivity contribution in [1.82, 2.24) is 4.98 Å². The van der Waals surface area contributed by atoms with Gasteiger partial charge in [0.1, 0.15) is 5.82 Å². The summed E-state index contributed by atoms with van der Waals surface area (Å²) in [6, 6.07) is 1.87. The minimum absolute atomic E-state index is 0.424. The van der Waals surface area contributed by atoms with Crippen LogP contribution < -0.4 is 15.2 Å². The fourth-order valence-electron chi connectivity index (χ4n) is 1.24. The van der Waals surface area contributed by atoms with Crippen LogP contribution in [-0.2, 0) is 0 Å². The summed E-state index contributed by atoms with van der Waals surface area (Å²) in [5, 5.41) is 0.788. The van der Waals surface area contributed by atoms with E-state index < -0.39 is 5.91 Å². The van der Waals surface area contributed by atoms with Gasteiger partial charge in [-0.3, -0.25) is 4.79 Å². The van der Waals surface area contributed by atoms with Crippen LogP contribution in [0.5, 0.6) is 0 Å². The summed E-state index contributed by atoms with van der Waals surface area (Å²) in [5.74, 6) is -0.0516. The van der Waals surface area contributed by atoms with Gasteiger partial charge in [0.15, 0.2) is 16.3 Å². The molecule has 2 aromatic rings. The minimum atomic E-state index is -0.477. The number of nitrogens with two attached hydrogens (primary N) is 2. The molecule has 6 heteroatoms. The molecule has 0 saturated heterocycles. The summed E-state index contributed by atoms with van der Waals surface area (Å²) in [6.07, 6.45) is 1.42. The Balaban J connectivity index is 2.87. The van der Waals surface area contributed by atoms with E-state index in [1.807, 2.05) is 6.07 Å². The van der Waals surface area contributed by atoms with Crippen LogP contribution >= 0.6 is 11.3 Å². The second-order valence-corrected chi connectivity index (χ2v) is 4.94. The lowest BCUT2D eigenvalue weighted by Gasteiger charge is -1.99. The number of aromatic nitrogens is 1. The maximum Gasteiger partial charge on any atom is 0.251 e. The van der Waals surface area contributed by atoms with Crippen LogP contribution in [0.3, 0.4) is 0 Å². The maximum atomic E-state index is 11.1. The number of pyridine rings is 1. The number of primary amides is 1. The lowest BCUT2D eigenvalue weighted by Crippen LogP contribution is -2.11.